The first-order chi connectivity index (χ1) is 9.96. The fourth-order valence-corrected chi connectivity index (χ4v) is 2.89. The Morgan fingerprint density at radius 2 is 1.62 bits per heavy atom. The Hall–Kier alpha value is -2.40. The van der Waals surface area contributed by atoms with E-state index in [1.54, 1.807) is 36.4 Å². The molecule has 0 fully saturated rings. The van der Waals surface area contributed by atoms with Crippen LogP contribution in [0.5, 0.6) is 0 Å². The third-order valence-corrected chi connectivity index (χ3v) is 4.12. The van der Waals surface area contributed by atoms with Crippen molar-refractivity contribution in [3.05, 3.63) is 76.7 Å². The maximum absolute atomic E-state index is 12.0. The summed E-state index contributed by atoms with van der Waals surface area (Å²) in [7, 11) is -3.36. The topological polar surface area (TPSA) is 71.4 Å². The highest BCUT2D eigenvalue weighted by atomic mass is 32.2. The van der Waals surface area contributed by atoms with Gasteiger partial charge in [-0.2, -0.15) is 0 Å². The lowest BCUT2D eigenvalue weighted by atomic mass is 10.1. The number of sulfone groups is 1. The summed E-state index contributed by atoms with van der Waals surface area (Å²) >= 11 is 0. The molecule has 21 heavy (non-hydrogen) atoms. The minimum atomic E-state index is -3.36. The van der Waals surface area contributed by atoms with Crippen LogP contribution in [0.4, 0.5) is 0 Å². The van der Waals surface area contributed by atoms with E-state index >= 15 is 0 Å². The van der Waals surface area contributed by atoms with Gasteiger partial charge < -0.3 is 5.11 Å². The van der Waals surface area contributed by atoms with Crippen LogP contribution in [0.25, 0.3) is 6.08 Å². The monoisotopic (exact) mass is 302 g/mol. The van der Waals surface area contributed by atoms with Gasteiger partial charge in [-0.05, 0) is 29.3 Å². The molecule has 0 spiro atoms. The predicted molar refractivity (Wildman–Crippen MR) is 81.5 cm³/mol. The minimum absolute atomic E-state index is 0.0580. The maximum Gasteiger partial charge on any atom is 0.335 e. The zero-order valence-corrected chi connectivity index (χ0v) is 12.0. The van der Waals surface area contributed by atoms with Gasteiger partial charge in [0.1, 0.15) is 0 Å². The van der Waals surface area contributed by atoms with Gasteiger partial charge in [-0.15, -0.1) is 0 Å². The molecule has 0 aliphatic carbocycles. The molecule has 0 aliphatic heterocycles. The van der Waals surface area contributed by atoms with Gasteiger partial charge in [0.25, 0.3) is 0 Å². The standard InChI is InChI=1S/C16H14O4S/c17-16(18)15-8-6-13(7-9-15)10-11-21(19,20)12-14-4-2-1-3-5-14/h1-11H,12H2,(H,17,18)/b11-10+. The van der Waals surface area contributed by atoms with Crippen LogP contribution in [-0.4, -0.2) is 19.5 Å². The highest BCUT2D eigenvalue weighted by Crippen LogP contribution is 2.11. The van der Waals surface area contributed by atoms with Crippen molar-refractivity contribution in [2.45, 2.75) is 5.75 Å². The lowest BCUT2D eigenvalue weighted by molar-refractivity contribution is 0.0697. The van der Waals surface area contributed by atoms with Gasteiger partial charge in [0.15, 0.2) is 9.84 Å². The van der Waals surface area contributed by atoms with E-state index in [1.165, 1.54) is 18.2 Å². The van der Waals surface area contributed by atoms with Gasteiger partial charge in [0, 0.05) is 5.41 Å². The van der Waals surface area contributed by atoms with E-state index in [4.69, 9.17) is 5.11 Å². The van der Waals surface area contributed by atoms with Crippen molar-refractivity contribution in [1.82, 2.24) is 0 Å². The zero-order valence-electron chi connectivity index (χ0n) is 11.1. The molecule has 108 valence electrons. The molecule has 0 saturated heterocycles. The predicted octanol–water partition coefficient (Wildman–Crippen LogP) is 2.97. The van der Waals surface area contributed by atoms with Crippen molar-refractivity contribution in [3.8, 4) is 0 Å². The molecule has 2 aromatic rings. The molecule has 0 aliphatic rings. The van der Waals surface area contributed by atoms with Gasteiger partial charge in [0.05, 0.1) is 11.3 Å². The Morgan fingerprint density at radius 1 is 1.00 bits per heavy atom. The van der Waals surface area contributed by atoms with E-state index in [0.717, 1.165) is 11.0 Å². The molecule has 0 bridgehead atoms. The molecule has 5 heteroatoms. The third-order valence-electron chi connectivity index (χ3n) is 2.84. The second kappa shape index (κ2) is 6.37. The van der Waals surface area contributed by atoms with E-state index in [-0.39, 0.29) is 11.3 Å². The van der Waals surface area contributed by atoms with E-state index in [2.05, 4.69) is 0 Å². The number of rotatable bonds is 5. The Balaban J connectivity index is 2.10. The molecular formula is C16H14O4S. The summed E-state index contributed by atoms with van der Waals surface area (Å²) in [6, 6.07) is 14.9. The summed E-state index contributed by atoms with van der Waals surface area (Å²) < 4.78 is 23.9. The summed E-state index contributed by atoms with van der Waals surface area (Å²) in [5.41, 5.74) is 1.53. The first-order valence-corrected chi connectivity index (χ1v) is 7.96. The van der Waals surface area contributed by atoms with Gasteiger partial charge in [0.2, 0.25) is 0 Å². The summed E-state index contributed by atoms with van der Waals surface area (Å²) in [4.78, 5) is 10.7. The third kappa shape index (κ3) is 4.57. The van der Waals surface area contributed by atoms with Crippen LogP contribution in [0, 0.1) is 0 Å². The van der Waals surface area contributed by atoms with Gasteiger partial charge in [-0.1, -0.05) is 42.5 Å². The Labute approximate surface area is 123 Å². The molecule has 0 atom stereocenters. The molecule has 0 aromatic heterocycles. The van der Waals surface area contributed by atoms with Crippen LogP contribution in [0.3, 0.4) is 0 Å². The average molecular weight is 302 g/mol. The minimum Gasteiger partial charge on any atom is -0.478 e. The summed E-state index contributed by atoms with van der Waals surface area (Å²) in [5.74, 6) is -1.07. The molecule has 0 heterocycles. The molecule has 4 nitrogen and oxygen atoms in total. The molecule has 1 N–H and O–H groups in total. The zero-order chi connectivity index (χ0) is 15.3. The fourth-order valence-electron chi connectivity index (χ4n) is 1.77. The Kier molecular flexibility index (Phi) is 4.55. The number of aromatic carboxylic acids is 1. The van der Waals surface area contributed by atoms with Crippen molar-refractivity contribution >= 4 is 21.9 Å². The Morgan fingerprint density at radius 3 is 2.19 bits per heavy atom. The average Bonchev–Trinajstić information content (AvgIpc) is 2.46. The molecule has 0 unspecified atom stereocenters. The lowest BCUT2D eigenvalue weighted by Gasteiger charge is -2.00. The summed E-state index contributed by atoms with van der Waals surface area (Å²) in [6.45, 7) is 0. The van der Waals surface area contributed by atoms with E-state index in [1.807, 2.05) is 6.07 Å². The molecule has 0 amide bonds. The smallest absolute Gasteiger partial charge is 0.335 e. The van der Waals surface area contributed by atoms with Crippen LogP contribution in [-0.2, 0) is 15.6 Å². The van der Waals surface area contributed by atoms with Crippen molar-refractivity contribution in [3.63, 3.8) is 0 Å². The fraction of sp³-hybridized carbons (Fsp3) is 0.0625. The van der Waals surface area contributed by atoms with Crippen LogP contribution in [0.2, 0.25) is 0 Å². The van der Waals surface area contributed by atoms with Crippen LogP contribution in [0.15, 0.2) is 60.0 Å². The van der Waals surface area contributed by atoms with Gasteiger partial charge in [-0.3, -0.25) is 0 Å². The van der Waals surface area contributed by atoms with Crippen molar-refractivity contribution in [2.75, 3.05) is 0 Å². The van der Waals surface area contributed by atoms with Crippen molar-refractivity contribution in [2.24, 2.45) is 0 Å². The molecule has 0 saturated carbocycles. The van der Waals surface area contributed by atoms with Crippen LogP contribution < -0.4 is 0 Å². The lowest BCUT2D eigenvalue weighted by Crippen LogP contribution is -1.99. The molecular weight excluding hydrogens is 288 g/mol. The van der Waals surface area contributed by atoms with Gasteiger partial charge >= 0.3 is 5.97 Å². The van der Waals surface area contributed by atoms with E-state index in [0.29, 0.717) is 5.56 Å². The number of carboxylic acid groups (broad SMARTS) is 1. The quantitative estimate of drug-likeness (QED) is 0.921. The number of carboxylic acids is 1. The highest BCUT2D eigenvalue weighted by molar-refractivity contribution is 7.93. The number of benzene rings is 2. The Bertz CT molecular complexity index is 745. The number of hydrogen-bond acceptors (Lipinski definition) is 3. The molecule has 2 aromatic carbocycles. The highest BCUT2D eigenvalue weighted by Gasteiger charge is 2.07. The van der Waals surface area contributed by atoms with Crippen molar-refractivity contribution < 1.29 is 18.3 Å². The number of hydrogen-bond donors (Lipinski definition) is 1. The second-order valence-corrected chi connectivity index (χ2v) is 6.41. The van der Waals surface area contributed by atoms with Crippen LogP contribution >= 0.6 is 0 Å². The summed E-state index contributed by atoms with van der Waals surface area (Å²) in [6.07, 6.45) is 1.46. The van der Waals surface area contributed by atoms with Crippen LogP contribution in [0.1, 0.15) is 21.5 Å². The largest absolute Gasteiger partial charge is 0.478 e. The van der Waals surface area contributed by atoms with E-state index in [9.17, 15) is 13.2 Å². The normalized spacial score (nSPS) is 11.6. The molecule has 0 radical (unpaired) electrons. The summed E-state index contributed by atoms with van der Waals surface area (Å²) in [5, 5.41) is 9.93. The van der Waals surface area contributed by atoms with E-state index < -0.39 is 15.8 Å². The molecule has 2 rings (SSSR count). The SMILES string of the molecule is O=C(O)c1ccc(/C=C/S(=O)(=O)Cc2ccccc2)cc1. The second-order valence-electron chi connectivity index (χ2n) is 4.52. The van der Waals surface area contributed by atoms with Gasteiger partial charge in [-0.25, -0.2) is 13.2 Å². The maximum atomic E-state index is 12.0. The first kappa shape index (κ1) is 15.0. The van der Waals surface area contributed by atoms with Crippen molar-refractivity contribution in [1.29, 1.82) is 0 Å². The first-order valence-electron chi connectivity index (χ1n) is 6.24. The number of carbonyl (C=O) groups is 1.